The molecule has 4 aliphatic rings. The van der Waals surface area contributed by atoms with Crippen molar-refractivity contribution in [2.45, 2.75) is 58.4 Å². The summed E-state index contributed by atoms with van der Waals surface area (Å²) in [6.45, 7) is 4.64. The fourth-order valence-corrected chi connectivity index (χ4v) is 5.96. The van der Waals surface area contributed by atoms with Gasteiger partial charge in [0.25, 0.3) is 0 Å². The molecule has 0 radical (unpaired) electrons. The molecule has 4 fully saturated rings. The highest BCUT2D eigenvalue weighted by atomic mass is 35.5. The molecule has 1 amide bonds. The molecular formula is C18H26ClN3O. The predicted octanol–water partition coefficient (Wildman–Crippen LogP) is 3.74. The van der Waals surface area contributed by atoms with E-state index in [9.17, 15) is 4.79 Å². The Labute approximate surface area is 143 Å². The smallest absolute Gasteiger partial charge is 0.244 e. The van der Waals surface area contributed by atoms with Crippen LogP contribution in [0.5, 0.6) is 0 Å². The number of carbonyl (C=O) groups is 1. The Bertz CT molecular complexity index is 588. The second kappa shape index (κ2) is 5.51. The van der Waals surface area contributed by atoms with E-state index in [0.29, 0.717) is 10.4 Å². The van der Waals surface area contributed by atoms with E-state index < -0.39 is 0 Å². The minimum Gasteiger partial charge on any atom is -0.354 e. The monoisotopic (exact) mass is 335 g/mol. The van der Waals surface area contributed by atoms with Gasteiger partial charge >= 0.3 is 0 Å². The fraction of sp³-hybridized carbons (Fsp3) is 0.778. The Kier molecular flexibility index (Phi) is 3.71. The molecule has 23 heavy (non-hydrogen) atoms. The van der Waals surface area contributed by atoms with Gasteiger partial charge in [-0.1, -0.05) is 11.6 Å². The lowest BCUT2D eigenvalue weighted by Gasteiger charge is -2.57. The van der Waals surface area contributed by atoms with Gasteiger partial charge in [-0.25, -0.2) is 0 Å². The molecule has 0 aliphatic heterocycles. The van der Waals surface area contributed by atoms with E-state index in [1.807, 2.05) is 13.8 Å². The number of aromatic nitrogens is 2. The zero-order chi connectivity index (χ0) is 16.2. The number of halogens is 1. The van der Waals surface area contributed by atoms with Gasteiger partial charge in [0.1, 0.15) is 6.04 Å². The minimum atomic E-state index is -0.309. The van der Waals surface area contributed by atoms with Crippen LogP contribution in [-0.2, 0) is 4.79 Å². The lowest BCUT2D eigenvalue weighted by atomic mass is 9.49. The van der Waals surface area contributed by atoms with Crippen LogP contribution < -0.4 is 5.32 Å². The maximum atomic E-state index is 12.6. The van der Waals surface area contributed by atoms with Gasteiger partial charge in [0.15, 0.2) is 0 Å². The normalized spacial score (nSPS) is 36.2. The summed E-state index contributed by atoms with van der Waals surface area (Å²) in [7, 11) is 0. The van der Waals surface area contributed by atoms with Crippen molar-refractivity contribution in [2.75, 3.05) is 6.54 Å². The Balaban J connectivity index is 1.41. The lowest BCUT2D eigenvalue weighted by molar-refractivity contribution is -0.126. The minimum absolute atomic E-state index is 0.0589. The molecule has 4 bridgehead atoms. The molecule has 126 valence electrons. The molecule has 1 unspecified atom stereocenters. The van der Waals surface area contributed by atoms with Crippen LogP contribution in [0.1, 0.15) is 57.2 Å². The first-order chi connectivity index (χ1) is 11.0. The number of carbonyl (C=O) groups excluding carboxylic acids is 1. The van der Waals surface area contributed by atoms with E-state index in [2.05, 4.69) is 10.4 Å². The molecule has 4 nitrogen and oxygen atoms in total. The van der Waals surface area contributed by atoms with Crippen LogP contribution in [0.3, 0.4) is 0 Å². The second-order valence-corrected chi connectivity index (χ2v) is 8.74. The Morgan fingerprint density at radius 1 is 1.35 bits per heavy atom. The van der Waals surface area contributed by atoms with E-state index in [1.165, 1.54) is 38.5 Å². The first kappa shape index (κ1) is 15.5. The van der Waals surface area contributed by atoms with Crippen LogP contribution in [0.2, 0.25) is 5.02 Å². The highest BCUT2D eigenvalue weighted by Crippen LogP contribution is 2.59. The van der Waals surface area contributed by atoms with Gasteiger partial charge < -0.3 is 5.32 Å². The Morgan fingerprint density at radius 2 is 1.91 bits per heavy atom. The summed E-state index contributed by atoms with van der Waals surface area (Å²) >= 11 is 6.05. The van der Waals surface area contributed by atoms with E-state index in [1.54, 1.807) is 10.9 Å². The van der Waals surface area contributed by atoms with Gasteiger partial charge in [0, 0.05) is 6.54 Å². The molecular weight excluding hydrogens is 310 g/mol. The number of hydrogen-bond acceptors (Lipinski definition) is 2. The van der Waals surface area contributed by atoms with Crippen molar-refractivity contribution in [1.29, 1.82) is 0 Å². The van der Waals surface area contributed by atoms with Crippen molar-refractivity contribution < 1.29 is 4.79 Å². The summed E-state index contributed by atoms with van der Waals surface area (Å²) < 4.78 is 1.72. The van der Waals surface area contributed by atoms with Crippen molar-refractivity contribution in [1.82, 2.24) is 15.1 Å². The summed E-state index contributed by atoms with van der Waals surface area (Å²) in [6, 6.07) is -0.309. The molecule has 0 aromatic carbocycles. The largest absolute Gasteiger partial charge is 0.354 e. The van der Waals surface area contributed by atoms with Crippen LogP contribution in [0.4, 0.5) is 0 Å². The molecule has 0 spiro atoms. The second-order valence-electron chi connectivity index (χ2n) is 8.33. The molecule has 1 aromatic rings. The first-order valence-corrected chi connectivity index (χ1v) is 9.31. The van der Waals surface area contributed by atoms with Crippen LogP contribution in [0.15, 0.2) is 6.20 Å². The van der Waals surface area contributed by atoms with Crippen molar-refractivity contribution in [3.05, 3.63) is 16.9 Å². The average molecular weight is 336 g/mol. The predicted molar refractivity (Wildman–Crippen MR) is 90.3 cm³/mol. The lowest BCUT2D eigenvalue weighted by Crippen LogP contribution is -2.51. The molecule has 4 aliphatic carbocycles. The van der Waals surface area contributed by atoms with Gasteiger partial charge in [-0.15, -0.1) is 0 Å². The Hall–Kier alpha value is -1.03. The molecule has 1 aromatic heterocycles. The van der Waals surface area contributed by atoms with Gasteiger partial charge in [-0.2, -0.15) is 5.10 Å². The quantitative estimate of drug-likeness (QED) is 0.911. The maximum absolute atomic E-state index is 12.6. The third kappa shape index (κ3) is 2.69. The van der Waals surface area contributed by atoms with Crippen LogP contribution in [0, 0.1) is 30.1 Å². The molecule has 1 atom stereocenters. The number of rotatable bonds is 4. The van der Waals surface area contributed by atoms with E-state index in [0.717, 1.165) is 30.0 Å². The number of nitrogens with one attached hydrogen (secondary N) is 1. The fourth-order valence-electron chi connectivity index (χ4n) is 5.83. The topological polar surface area (TPSA) is 46.9 Å². The third-order valence-electron chi connectivity index (χ3n) is 6.53. The molecule has 4 saturated carbocycles. The van der Waals surface area contributed by atoms with Crippen LogP contribution in [0.25, 0.3) is 0 Å². The highest BCUT2D eigenvalue weighted by molar-refractivity contribution is 6.31. The van der Waals surface area contributed by atoms with Crippen LogP contribution in [-0.4, -0.2) is 22.2 Å². The van der Waals surface area contributed by atoms with Crippen LogP contribution >= 0.6 is 11.6 Å². The standard InChI is InChI=1S/C18H26ClN3O/c1-11-16(19)9-21-22(11)12(2)17(23)20-10-18-6-13-3-14(7-18)5-15(4-13)8-18/h9,12-15H,3-8,10H2,1-2H3,(H,20,23). The molecule has 1 N–H and O–H groups in total. The van der Waals surface area contributed by atoms with Gasteiger partial charge in [-0.05, 0) is 75.5 Å². The zero-order valence-corrected chi connectivity index (χ0v) is 14.8. The number of hydrogen-bond donors (Lipinski definition) is 1. The van der Waals surface area contributed by atoms with E-state index in [4.69, 9.17) is 11.6 Å². The van der Waals surface area contributed by atoms with Crippen molar-refractivity contribution in [2.24, 2.45) is 23.2 Å². The number of amides is 1. The molecule has 1 heterocycles. The molecule has 5 heteroatoms. The summed E-state index contributed by atoms with van der Waals surface area (Å²) in [5.41, 5.74) is 1.23. The van der Waals surface area contributed by atoms with Crippen molar-refractivity contribution in [3.8, 4) is 0 Å². The summed E-state index contributed by atoms with van der Waals surface area (Å²) in [5.74, 6) is 2.82. The number of nitrogens with zero attached hydrogens (tertiary/aromatic N) is 2. The van der Waals surface area contributed by atoms with Gasteiger partial charge in [0.2, 0.25) is 5.91 Å². The summed E-state index contributed by atoms with van der Waals surface area (Å²) in [4.78, 5) is 12.6. The third-order valence-corrected chi connectivity index (χ3v) is 6.90. The molecule has 0 saturated heterocycles. The van der Waals surface area contributed by atoms with E-state index >= 15 is 0 Å². The zero-order valence-electron chi connectivity index (χ0n) is 14.0. The van der Waals surface area contributed by atoms with Gasteiger partial charge in [0.05, 0.1) is 16.9 Å². The van der Waals surface area contributed by atoms with Crippen molar-refractivity contribution >= 4 is 17.5 Å². The Morgan fingerprint density at radius 3 is 2.39 bits per heavy atom. The summed E-state index contributed by atoms with van der Waals surface area (Å²) in [6.07, 6.45) is 9.89. The van der Waals surface area contributed by atoms with Gasteiger partial charge in [-0.3, -0.25) is 9.48 Å². The highest BCUT2D eigenvalue weighted by Gasteiger charge is 2.50. The average Bonchev–Trinajstić information content (AvgIpc) is 2.82. The maximum Gasteiger partial charge on any atom is 0.244 e. The van der Waals surface area contributed by atoms with Crippen molar-refractivity contribution in [3.63, 3.8) is 0 Å². The SMILES string of the molecule is Cc1c(Cl)cnn1C(C)C(=O)NCC12CC3CC(CC(C3)C1)C2. The summed E-state index contributed by atoms with van der Waals surface area (Å²) in [5, 5.41) is 8.08. The van der Waals surface area contributed by atoms with E-state index in [-0.39, 0.29) is 11.9 Å². The molecule has 5 rings (SSSR count). The first-order valence-electron chi connectivity index (χ1n) is 8.93.